The molecule has 0 aliphatic carbocycles. The molecule has 4 nitrogen and oxygen atoms in total. The average molecular weight is 216 g/mol. The highest BCUT2D eigenvalue weighted by Crippen LogP contribution is 1.95. The Balaban J connectivity index is 0. The van der Waals surface area contributed by atoms with Crippen LogP contribution in [0, 0.1) is 0 Å². The van der Waals surface area contributed by atoms with E-state index in [4.69, 9.17) is 0 Å². The number of rotatable bonds is 5. The zero-order chi connectivity index (χ0) is 12.3. The second kappa shape index (κ2) is 11.0. The van der Waals surface area contributed by atoms with Crippen LogP contribution in [0.25, 0.3) is 0 Å². The first-order chi connectivity index (χ1) is 7.11. The van der Waals surface area contributed by atoms with Gasteiger partial charge in [-0.1, -0.05) is 20.8 Å². The van der Waals surface area contributed by atoms with Crippen LogP contribution in [0.2, 0.25) is 0 Å². The Kier molecular flexibility index (Phi) is 12.0. The summed E-state index contributed by atoms with van der Waals surface area (Å²) >= 11 is 0. The normalized spacial score (nSPS) is 8.60. The first kappa shape index (κ1) is 16.4. The molecule has 0 heterocycles. The van der Waals surface area contributed by atoms with Gasteiger partial charge in [-0.2, -0.15) is 0 Å². The Morgan fingerprint density at radius 1 is 1.20 bits per heavy atom. The van der Waals surface area contributed by atoms with Crippen LogP contribution in [0.4, 0.5) is 0 Å². The van der Waals surface area contributed by atoms with Gasteiger partial charge in [-0.05, 0) is 6.42 Å². The van der Waals surface area contributed by atoms with Crippen LogP contribution in [-0.4, -0.2) is 37.4 Å². The zero-order valence-electron chi connectivity index (χ0n) is 10.6. The van der Waals surface area contributed by atoms with E-state index in [1.54, 1.807) is 19.0 Å². The molecule has 0 unspecified atom stereocenters. The molecule has 0 rings (SSSR count). The van der Waals surface area contributed by atoms with Gasteiger partial charge < -0.3 is 10.2 Å². The minimum Gasteiger partial charge on any atom is -0.359 e. The Morgan fingerprint density at radius 3 is 2.13 bits per heavy atom. The molecule has 0 spiro atoms. The van der Waals surface area contributed by atoms with Crippen molar-refractivity contribution in [3.05, 3.63) is 0 Å². The summed E-state index contributed by atoms with van der Waals surface area (Å²) in [5.41, 5.74) is 0. The highest BCUT2D eigenvalue weighted by molar-refractivity contribution is 5.78. The van der Waals surface area contributed by atoms with E-state index >= 15 is 0 Å². The second-order valence-electron chi connectivity index (χ2n) is 2.99. The quantitative estimate of drug-likeness (QED) is 0.755. The Morgan fingerprint density at radius 2 is 1.73 bits per heavy atom. The van der Waals surface area contributed by atoms with Crippen molar-refractivity contribution < 1.29 is 9.59 Å². The summed E-state index contributed by atoms with van der Waals surface area (Å²) < 4.78 is 0. The molecule has 0 aromatic rings. The molecule has 0 saturated heterocycles. The number of nitrogens with zero attached hydrogens (tertiary/aromatic N) is 1. The van der Waals surface area contributed by atoms with Crippen LogP contribution in [0.15, 0.2) is 0 Å². The topological polar surface area (TPSA) is 49.4 Å². The summed E-state index contributed by atoms with van der Waals surface area (Å²) in [7, 11) is 3.32. The minimum atomic E-state index is -0.0313. The van der Waals surface area contributed by atoms with Crippen LogP contribution in [0.5, 0.6) is 0 Å². The van der Waals surface area contributed by atoms with Gasteiger partial charge in [0, 0.05) is 33.5 Å². The molecule has 0 aromatic heterocycles. The Labute approximate surface area is 93.0 Å². The largest absolute Gasteiger partial charge is 0.359 e. The van der Waals surface area contributed by atoms with Crippen LogP contribution in [0.3, 0.4) is 0 Å². The molecule has 0 bridgehead atoms. The lowest BCUT2D eigenvalue weighted by Crippen LogP contribution is -2.31. The van der Waals surface area contributed by atoms with Crippen molar-refractivity contribution >= 4 is 11.8 Å². The van der Waals surface area contributed by atoms with E-state index in [1.807, 2.05) is 20.8 Å². The standard InChI is InChI=1S/C9H18N2O2.C2H6/c1-4-5-9(13)11(3)7-6-8(12)10-2;1-2/h4-7H2,1-3H3,(H,10,12);1-2H3. The van der Waals surface area contributed by atoms with Crippen molar-refractivity contribution in [1.29, 1.82) is 0 Å². The molecule has 0 fully saturated rings. The van der Waals surface area contributed by atoms with Gasteiger partial charge in [0.15, 0.2) is 0 Å². The summed E-state index contributed by atoms with van der Waals surface area (Å²) in [4.78, 5) is 23.7. The SMILES string of the molecule is CC.CCCC(=O)N(C)CCC(=O)NC. The lowest BCUT2D eigenvalue weighted by molar-refractivity contribution is -0.130. The lowest BCUT2D eigenvalue weighted by atomic mass is 10.3. The summed E-state index contributed by atoms with van der Waals surface area (Å²) in [5.74, 6) is 0.0718. The molecular formula is C11H24N2O2. The van der Waals surface area contributed by atoms with Crippen molar-refractivity contribution in [1.82, 2.24) is 10.2 Å². The smallest absolute Gasteiger partial charge is 0.222 e. The fourth-order valence-electron chi connectivity index (χ4n) is 0.924. The maximum Gasteiger partial charge on any atom is 0.222 e. The molecule has 0 aliphatic heterocycles. The molecule has 0 radical (unpaired) electrons. The van der Waals surface area contributed by atoms with Crippen molar-refractivity contribution in [2.75, 3.05) is 20.6 Å². The first-order valence-electron chi connectivity index (χ1n) is 5.56. The van der Waals surface area contributed by atoms with Crippen molar-refractivity contribution in [2.45, 2.75) is 40.0 Å². The molecule has 4 heteroatoms. The van der Waals surface area contributed by atoms with E-state index in [9.17, 15) is 9.59 Å². The third-order valence-corrected chi connectivity index (χ3v) is 1.84. The van der Waals surface area contributed by atoms with E-state index in [1.165, 1.54) is 0 Å². The third-order valence-electron chi connectivity index (χ3n) is 1.84. The lowest BCUT2D eigenvalue weighted by Gasteiger charge is -2.15. The van der Waals surface area contributed by atoms with Crippen molar-refractivity contribution in [3.8, 4) is 0 Å². The third kappa shape index (κ3) is 9.25. The number of carbonyl (C=O) groups is 2. The summed E-state index contributed by atoms with van der Waals surface area (Å²) in [6, 6.07) is 0. The summed E-state index contributed by atoms with van der Waals surface area (Å²) in [6.45, 7) is 6.46. The van der Waals surface area contributed by atoms with Gasteiger partial charge in [-0.15, -0.1) is 0 Å². The molecule has 15 heavy (non-hydrogen) atoms. The predicted octanol–water partition coefficient (Wildman–Crippen LogP) is 1.41. The van der Waals surface area contributed by atoms with Gasteiger partial charge in [0.2, 0.25) is 11.8 Å². The van der Waals surface area contributed by atoms with Gasteiger partial charge >= 0.3 is 0 Å². The van der Waals surface area contributed by atoms with Crippen molar-refractivity contribution in [2.24, 2.45) is 0 Å². The predicted molar refractivity (Wildman–Crippen MR) is 62.6 cm³/mol. The number of hydrogen-bond donors (Lipinski definition) is 1. The fraction of sp³-hybridized carbons (Fsp3) is 0.818. The number of hydrogen-bond acceptors (Lipinski definition) is 2. The van der Waals surface area contributed by atoms with E-state index in [2.05, 4.69) is 5.32 Å². The highest BCUT2D eigenvalue weighted by Gasteiger charge is 2.08. The molecular weight excluding hydrogens is 192 g/mol. The van der Waals surface area contributed by atoms with Gasteiger partial charge in [0.25, 0.3) is 0 Å². The monoisotopic (exact) mass is 216 g/mol. The van der Waals surface area contributed by atoms with E-state index in [-0.39, 0.29) is 11.8 Å². The molecule has 90 valence electrons. The highest BCUT2D eigenvalue weighted by atomic mass is 16.2. The Hall–Kier alpha value is -1.06. The van der Waals surface area contributed by atoms with E-state index in [0.29, 0.717) is 19.4 Å². The number of amides is 2. The molecule has 1 N–H and O–H groups in total. The molecule has 2 amide bonds. The average Bonchev–Trinajstić information content (AvgIpc) is 2.28. The maximum atomic E-state index is 11.2. The van der Waals surface area contributed by atoms with Gasteiger partial charge in [-0.3, -0.25) is 9.59 Å². The maximum absolute atomic E-state index is 11.2. The number of carbonyl (C=O) groups excluding carboxylic acids is 2. The molecule has 0 saturated carbocycles. The molecule has 0 aliphatic rings. The summed E-state index contributed by atoms with van der Waals surface area (Å²) in [6.07, 6.45) is 1.79. The van der Waals surface area contributed by atoms with Gasteiger partial charge in [-0.25, -0.2) is 0 Å². The van der Waals surface area contributed by atoms with Crippen LogP contribution in [-0.2, 0) is 9.59 Å². The van der Waals surface area contributed by atoms with Crippen LogP contribution in [0.1, 0.15) is 40.0 Å². The summed E-state index contributed by atoms with van der Waals surface area (Å²) in [5, 5.41) is 2.51. The first-order valence-corrected chi connectivity index (χ1v) is 5.56. The van der Waals surface area contributed by atoms with Crippen LogP contribution >= 0.6 is 0 Å². The van der Waals surface area contributed by atoms with E-state index < -0.39 is 0 Å². The minimum absolute atomic E-state index is 0.0313. The molecule has 0 aromatic carbocycles. The number of nitrogens with one attached hydrogen (secondary N) is 1. The van der Waals surface area contributed by atoms with Gasteiger partial charge in [0.05, 0.1) is 0 Å². The van der Waals surface area contributed by atoms with Gasteiger partial charge in [0.1, 0.15) is 0 Å². The zero-order valence-corrected chi connectivity index (χ0v) is 10.6. The van der Waals surface area contributed by atoms with Crippen molar-refractivity contribution in [3.63, 3.8) is 0 Å². The van der Waals surface area contributed by atoms with E-state index in [0.717, 1.165) is 6.42 Å². The fourth-order valence-corrected chi connectivity index (χ4v) is 0.924. The molecule has 0 atom stereocenters. The van der Waals surface area contributed by atoms with Crippen LogP contribution < -0.4 is 5.32 Å². The Bertz CT molecular complexity index is 181. The second-order valence-corrected chi connectivity index (χ2v) is 2.99.